The van der Waals surface area contributed by atoms with Crippen LogP contribution in [0.15, 0.2) is 42.5 Å². The van der Waals surface area contributed by atoms with Crippen LogP contribution in [0.2, 0.25) is 0 Å². The van der Waals surface area contributed by atoms with E-state index in [1.807, 2.05) is 31.2 Å². The van der Waals surface area contributed by atoms with Gasteiger partial charge in [0.15, 0.2) is 0 Å². The van der Waals surface area contributed by atoms with Crippen LogP contribution in [-0.2, 0) is 13.0 Å². The zero-order chi connectivity index (χ0) is 15.2. The molecule has 1 atom stereocenters. The van der Waals surface area contributed by atoms with Crippen molar-refractivity contribution in [2.75, 3.05) is 7.11 Å². The summed E-state index contributed by atoms with van der Waals surface area (Å²) < 4.78 is 32.3. The Kier molecular flexibility index (Phi) is 5.28. The fraction of sp³-hybridized carbons (Fsp3) is 0.294. The zero-order valence-corrected chi connectivity index (χ0v) is 12.2. The van der Waals surface area contributed by atoms with E-state index in [-0.39, 0.29) is 11.6 Å². The number of hydrogen-bond acceptors (Lipinski definition) is 2. The van der Waals surface area contributed by atoms with Crippen LogP contribution in [0.1, 0.15) is 18.1 Å². The van der Waals surface area contributed by atoms with Crippen molar-refractivity contribution in [2.24, 2.45) is 0 Å². The molecule has 0 heterocycles. The van der Waals surface area contributed by atoms with Crippen molar-refractivity contribution in [3.05, 3.63) is 65.2 Å². The van der Waals surface area contributed by atoms with Crippen LogP contribution in [0.4, 0.5) is 8.78 Å². The molecule has 0 saturated heterocycles. The van der Waals surface area contributed by atoms with Crippen LogP contribution in [0.25, 0.3) is 0 Å². The number of rotatable bonds is 6. The molecule has 2 nitrogen and oxygen atoms in total. The number of nitrogens with one attached hydrogen (secondary N) is 1. The summed E-state index contributed by atoms with van der Waals surface area (Å²) in [6.07, 6.45) is 0.308. The summed E-state index contributed by atoms with van der Waals surface area (Å²) >= 11 is 0. The fourth-order valence-electron chi connectivity index (χ4n) is 2.18. The lowest BCUT2D eigenvalue weighted by Crippen LogP contribution is -2.28. The Balaban J connectivity index is 1.94. The average molecular weight is 291 g/mol. The van der Waals surface area contributed by atoms with Crippen molar-refractivity contribution in [2.45, 2.75) is 25.9 Å². The molecule has 21 heavy (non-hydrogen) atoms. The second kappa shape index (κ2) is 7.18. The molecule has 0 radical (unpaired) electrons. The van der Waals surface area contributed by atoms with Crippen molar-refractivity contribution in [3.63, 3.8) is 0 Å². The van der Waals surface area contributed by atoms with E-state index >= 15 is 0 Å². The smallest absolute Gasteiger partial charge is 0.129 e. The first-order valence-electron chi connectivity index (χ1n) is 6.89. The predicted molar refractivity (Wildman–Crippen MR) is 79.4 cm³/mol. The summed E-state index contributed by atoms with van der Waals surface area (Å²) in [6, 6.07) is 11.6. The molecule has 0 aliphatic rings. The minimum absolute atomic E-state index is 0.0393. The molecule has 4 heteroatoms. The van der Waals surface area contributed by atoms with Crippen LogP contribution >= 0.6 is 0 Å². The Morgan fingerprint density at radius 1 is 1.10 bits per heavy atom. The fourth-order valence-corrected chi connectivity index (χ4v) is 2.18. The first kappa shape index (κ1) is 15.4. The van der Waals surface area contributed by atoms with Crippen LogP contribution in [-0.4, -0.2) is 13.2 Å². The predicted octanol–water partition coefficient (Wildman–Crippen LogP) is 3.69. The number of halogens is 2. The number of methoxy groups -OCH3 is 1. The van der Waals surface area contributed by atoms with Crippen LogP contribution in [0.3, 0.4) is 0 Å². The van der Waals surface area contributed by atoms with Gasteiger partial charge in [-0.15, -0.1) is 0 Å². The van der Waals surface area contributed by atoms with Crippen molar-refractivity contribution in [3.8, 4) is 5.75 Å². The molecule has 0 aliphatic carbocycles. The molecule has 1 unspecified atom stereocenters. The van der Waals surface area contributed by atoms with E-state index in [0.717, 1.165) is 11.3 Å². The van der Waals surface area contributed by atoms with E-state index < -0.39 is 11.6 Å². The maximum Gasteiger partial charge on any atom is 0.129 e. The Bertz CT molecular complexity index is 581. The molecule has 0 bridgehead atoms. The van der Waals surface area contributed by atoms with Gasteiger partial charge in [-0.1, -0.05) is 18.2 Å². The highest BCUT2D eigenvalue weighted by atomic mass is 19.1. The zero-order valence-electron chi connectivity index (χ0n) is 12.2. The summed E-state index contributed by atoms with van der Waals surface area (Å²) in [7, 11) is 1.62. The standard InChI is InChI=1S/C17H19F2NO/c1-12(9-15-16(18)7-4-8-17(15)19)20-11-13-5-3-6-14(10-13)21-2/h3-8,10,12,20H,9,11H2,1-2H3. The quantitative estimate of drug-likeness (QED) is 0.876. The summed E-state index contributed by atoms with van der Waals surface area (Å²) in [6.45, 7) is 2.53. The van der Waals surface area contributed by atoms with Crippen molar-refractivity contribution >= 4 is 0 Å². The SMILES string of the molecule is COc1cccc(CNC(C)Cc2c(F)cccc2F)c1. The summed E-state index contributed by atoms with van der Waals surface area (Å²) in [5.41, 5.74) is 1.19. The Morgan fingerprint density at radius 2 is 1.76 bits per heavy atom. The van der Waals surface area contributed by atoms with Gasteiger partial charge >= 0.3 is 0 Å². The maximum atomic E-state index is 13.6. The molecule has 0 spiro atoms. The molecule has 2 aromatic rings. The van der Waals surface area contributed by atoms with Gasteiger partial charge in [-0.25, -0.2) is 8.78 Å². The van der Waals surface area contributed by atoms with Gasteiger partial charge in [0.1, 0.15) is 17.4 Å². The number of hydrogen-bond donors (Lipinski definition) is 1. The number of ether oxygens (including phenoxy) is 1. The van der Waals surface area contributed by atoms with Crippen molar-refractivity contribution in [1.29, 1.82) is 0 Å². The molecular weight excluding hydrogens is 272 g/mol. The minimum atomic E-state index is -0.495. The molecule has 2 rings (SSSR count). The highest BCUT2D eigenvalue weighted by Crippen LogP contribution is 2.15. The lowest BCUT2D eigenvalue weighted by molar-refractivity contribution is 0.413. The third-order valence-electron chi connectivity index (χ3n) is 3.36. The third kappa shape index (κ3) is 4.26. The van der Waals surface area contributed by atoms with Gasteiger partial charge in [-0.05, 0) is 43.2 Å². The molecule has 112 valence electrons. The van der Waals surface area contributed by atoms with E-state index in [4.69, 9.17) is 4.74 Å². The average Bonchev–Trinajstić information content (AvgIpc) is 2.49. The van der Waals surface area contributed by atoms with Gasteiger partial charge in [0, 0.05) is 18.2 Å². The number of benzene rings is 2. The van der Waals surface area contributed by atoms with E-state index in [0.29, 0.717) is 13.0 Å². The molecule has 0 saturated carbocycles. The molecule has 0 aliphatic heterocycles. The first-order valence-corrected chi connectivity index (χ1v) is 6.89. The van der Waals surface area contributed by atoms with Gasteiger partial charge in [-0.2, -0.15) is 0 Å². The minimum Gasteiger partial charge on any atom is -0.497 e. The largest absolute Gasteiger partial charge is 0.497 e. The first-order chi connectivity index (χ1) is 10.1. The molecule has 0 aromatic heterocycles. The lowest BCUT2D eigenvalue weighted by atomic mass is 10.1. The Morgan fingerprint density at radius 3 is 2.43 bits per heavy atom. The van der Waals surface area contributed by atoms with Gasteiger partial charge in [-0.3, -0.25) is 0 Å². The Labute approximate surface area is 123 Å². The van der Waals surface area contributed by atoms with Gasteiger partial charge in [0.05, 0.1) is 7.11 Å². The third-order valence-corrected chi connectivity index (χ3v) is 3.36. The van der Waals surface area contributed by atoms with E-state index in [1.165, 1.54) is 18.2 Å². The lowest BCUT2D eigenvalue weighted by Gasteiger charge is -2.15. The van der Waals surface area contributed by atoms with E-state index in [1.54, 1.807) is 7.11 Å². The van der Waals surface area contributed by atoms with Gasteiger partial charge in [0.2, 0.25) is 0 Å². The van der Waals surface area contributed by atoms with E-state index in [9.17, 15) is 8.78 Å². The highest BCUT2D eigenvalue weighted by molar-refractivity contribution is 5.28. The normalized spacial score (nSPS) is 12.2. The van der Waals surface area contributed by atoms with E-state index in [2.05, 4.69) is 5.32 Å². The van der Waals surface area contributed by atoms with Crippen LogP contribution in [0.5, 0.6) is 5.75 Å². The molecule has 1 N–H and O–H groups in total. The topological polar surface area (TPSA) is 21.3 Å². The van der Waals surface area contributed by atoms with Gasteiger partial charge in [0.25, 0.3) is 0 Å². The van der Waals surface area contributed by atoms with Gasteiger partial charge < -0.3 is 10.1 Å². The van der Waals surface area contributed by atoms with Crippen LogP contribution < -0.4 is 10.1 Å². The summed E-state index contributed by atoms with van der Waals surface area (Å²) in [5.74, 6) is -0.197. The second-order valence-electron chi connectivity index (χ2n) is 5.04. The maximum absolute atomic E-state index is 13.6. The highest BCUT2D eigenvalue weighted by Gasteiger charge is 2.12. The van der Waals surface area contributed by atoms with Crippen LogP contribution in [0, 0.1) is 11.6 Å². The van der Waals surface area contributed by atoms with Crippen molar-refractivity contribution < 1.29 is 13.5 Å². The summed E-state index contributed by atoms with van der Waals surface area (Å²) in [5, 5.41) is 3.26. The molecule has 0 amide bonds. The second-order valence-corrected chi connectivity index (χ2v) is 5.04. The molecule has 2 aromatic carbocycles. The van der Waals surface area contributed by atoms with Crippen molar-refractivity contribution in [1.82, 2.24) is 5.32 Å². The monoisotopic (exact) mass is 291 g/mol. The summed E-state index contributed by atoms with van der Waals surface area (Å²) in [4.78, 5) is 0. The Hall–Kier alpha value is -1.94. The molecular formula is C17H19F2NO. The molecule has 0 fully saturated rings.